The molecule has 0 aliphatic carbocycles. The fourth-order valence-electron chi connectivity index (χ4n) is 4.66. The van der Waals surface area contributed by atoms with Crippen LogP contribution in [0.25, 0.3) is 0 Å². The van der Waals surface area contributed by atoms with Crippen molar-refractivity contribution in [1.82, 2.24) is 0 Å². The number of fused-ring (bicyclic) bond motifs is 2. The molecule has 8 heteroatoms. The topological polar surface area (TPSA) is 79.0 Å². The lowest BCUT2D eigenvalue weighted by atomic mass is 10.0. The minimum atomic E-state index is -1.25. The Morgan fingerprint density at radius 2 is 1.77 bits per heavy atom. The number of nitrogens with one attached hydrogen (secondary N) is 1. The number of benzene rings is 3. The summed E-state index contributed by atoms with van der Waals surface area (Å²) in [5.74, 6) is -0.0939. The summed E-state index contributed by atoms with van der Waals surface area (Å²) < 4.78 is 5.32. The standard InChI is InChI=1S/C27H25N3O4S/c1-17-12-13-19(14-18(17)2)30-25(32)16-35-27(30)20-8-4-6-10-22(20)29(26(27)33)15-24(31)28-21-9-5-7-11-23(21)34-3/h4-14H,15-16H2,1-3H3,(H,28,31). The fourth-order valence-corrected chi connectivity index (χ4v) is 6.02. The molecule has 0 aromatic heterocycles. The molecule has 7 nitrogen and oxygen atoms in total. The van der Waals surface area contributed by atoms with Crippen LogP contribution in [-0.2, 0) is 19.3 Å². The quantitative estimate of drug-likeness (QED) is 0.583. The maximum atomic E-state index is 14.1. The summed E-state index contributed by atoms with van der Waals surface area (Å²) in [6.45, 7) is 3.80. The second kappa shape index (κ2) is 8.78. The molecule has 0 radical (unpaired) electrons. The number of hydrogen-bond donors (Lipinski definition) is 1. The van der Waals surface area contributed by atoms with Gasteiger partial charge in [-0.2, -0.15) is 0 Å². The number of amides is 3. The number of carbonyl (C=O) groups is 3. The second-order valence-electron chi connectivity index (χ2n) is 8.59. The number of aryl methyl sites for hydroxylation is 2. The molecule has 3 aromatic carbocycles. The average molecular weight is 488 g/mol. The summed E-state index contributed by atoms with van der Waals surface area (Å²) in [5.41, 5.74) is 4.68. The van der Waals surface area contributed by atoms with Gasteiger partial charge in [-0.25, -0.2) is 0 Å². The molecule has 3 amide bonds. The molecule has 3 aromatic rings. The van der Waals surface area contributed by atoms with Crippen LogP contribution in [0.4, 0.5) is 17.1 Å². The normalized spacial score (nSPS) is 18.8. The third-order valence-corrected chi connectivity index (χ3v) is 7.88. The van der Waals surface area contributed by atoms with E-state index in [1.165, 1.54) is 23.8 Å². The van der Waals surface area contributed by atoms with Gasteiger partial charge in [-0.3, -0.25) is 24.2 Å². The van der Waals surface area contributed by atoms with Gasteiger partial charge in [-0.05, 0) is 55.3 Å². The molecule has 178 valence electrons. The number of carbonyl (C=O) groups excluding carboxylic acids is 3. The van der Waals surface area contributed by atoms with Crippen molar-refractivity contribution in [2.75, 3.05) is 34.5 Å². The monoisotopic (exact) mass is 487 g/mol. The maximum Gasteiger partial charge on any atom is 0.269 e. The van der Waals surface area contributed by atoms with E-state index >= 15 is 0 Å². The van der Waals surface area contributed by atoms with Crippen LogP contribution < -0.4 is 19.9 Å². The highest BCUT2D eigenvalue weighted by atomic mass is 32.2. The minimum Gasteiger partial charge on any atom is -0.495 e. The number of ether oxygens (including phenoxy) is 1. The molecule has 0 bridgehead atoms. The number of methoxy groups -OCH3 is 1. The third kappa shape index (κ3) is 3.65. The minimum absolute atomic E-state index is 0.137. The predicted octanol–water partition coefficient (Wildman–Crippen LogP) is 4.23. The summed E-state index contributed by atoms with van der Waals surface area (Å²) >= 11 is 1.30. The second-order valence-corrected chi connectivity index (χ2v) is 9.76. The van der Waals surface area contributed by atoms with Gasteiger partial charge in [0, 0.05) is 11.3 Å². The lowest BCUT2D eigenvalue weighted by Gasteiger charge is -2.33. The van der Waals surface area contributed by atoms with Crippen LogP contribution >= 0.6 is 11.8 Å². The van der Waals surface area contributed by atoms with Crippen LogP contribution in [0.15, 0.2) is 66.7 Å². The van der Waals surface area contributed by atoms with Gasteiger partial charge in [0.1, 0.15) is 12.3 Å². The number of thioether (sulfide) groups is 1. The van der Waals surface area contributed by atoms with Gasteiger partial charge in [-0.15, -0.1) is 11.8 Å². The largest absolute Gasteiger partial charge is 0.495 e. The van der Waals surface area contributed by atoms with Crippen LogP contribution in [0.3, 0.4) is 0 Å². The van der Waals surface area contributed by atoms with E-state index in [2.05, 4.69) is 5.32 Å². The zero-order valence-electron chi connectivity index (χ0n) is 19.7. The first kappa shape index (κ1) is 23.0. The molecule has 1 spiro atoms. The number of hydrogen-bond acceptors (Lipinski definition) is 5. The van der Waals surface area contributed by atoms with Gasteiger partial charge >= 0.3 is 0 Å². The van der Waals surface area contributed by atoms with Crippen molar-refractivity contribution in [3.8, 4) is 5.75 Å². The average Bonchev–Trinajstić information content (AvgIpc) is 3.32. The van der Waals surface area contributed by atoms with E-state index in [0.717, 1.165) is 11.1 Å². The van der Waals surface area contributed by atoms with Crippen molar-refractivity contribution in [2.45, 2.75) is 18.7 Å². The molecule has 1 atom stereocenters. The fraction of sp³-hybridized carbons (Fsp3) is 0.222. The number of nitrogens with zero attached hydrogens (tertiary/aromatic N) is 2. The van der Waals surface area contributed by atoms with Crippen molar-refractivity contribution in [2.24, 2.45) is 0 Å². The number of para-hydroxylation sites is 3. The van der Waals surface area contributed by atoms with Gasteiger partial charge in [0.05, 0.1) is 24.2 Å². The van der Waals surface area contributed by atoms with Crippen LogP contribution in [0.5, 0.6) is 5.75 Å². The van der Waals surface area contributed by atoms with E-state index in [4.69, 9.17) is 4.74 Å². The molecule has 1 N–H and O–H groups in total. The number of anilines is 3. The molecule has 35 heavy (non-hydrogen) atoms. The van der Waals surface area contributed by atoms with Crippen molar-refractivity contribution in [3.05, 3.63) is 83.4 Å². The molecule has 2 heterocycles. The summed E-state index contributed by atoms with van der Waals surface area (Å²) in [7, 11) is 1.53. The lowest BCUT2D eigenvalue weighted by Crippen LogP contribution is -2.50. The molecule has 1 unspecified atom stereocenters. The third-order valence-electron chi connectivity index (χ3n) is 6.50. The number of rotatable bonds is 5. The summed E-state index contributed by atoms with van der Waals surface area (Å²) in [6, 6.07) is 20.2. The van der Waals surface area contributed by atoms with Crippen LogP contribution in [-0.4, -0.2) is 37.1 Å². The van der Waals surface area contributed by atoms with Crippen molar-refractivity contribution in [1.29, 1.82) is 0 Å². The van der Waals surface area contributed by atoms with Crippen LogP contribution in [0, 0.1) is 13.8 Å². The first-order valence-electron chi connectivity index (χ1n) is 11.3. The Morgan fingerprint density at radius 1 is 1.03 bits per heavy atom. The Bertz CT molecular complexity index is 1360. The molecular formula is C27H25N3O4S. The highest BCUT2D eigenvalue weighted by Gasteiger charge is 2.61. The van der Waals surface area contributed by atoms with Gasteiger partial charge in [0.25, 0.3) is 5.91 Å². The van der Waals surface area contributed by atoms with Gasteiger partial charge in [-0.1, -0.05) is 36.4 Å². The Balaban J connectivity index is 1.52. The molecule has 0 saturated carbocycles. The molecule has 2 aliphatic rings. The van der Waals surface area contributed by atoms with Crippen molar-refractivity contribution < 1.29 is 19.1 Å². The van der Waals surface area contributed by atoms with Crippen molar-refractivity contribution in [3.63, 3.8) is 0 Å². The van der Waals surface area contributed by atoms with Crippen LogP contribution in [0.2, 0.25) is 0 Å². The Kier molecular flexibility index (Phi) is 5.76. The Labute approximate surface area is 208 Å². The first-order valence-corrected chi connectivity index (χ1v) is 12.2. The molecular weight excluding hydrogens is 462 g/mol. The summed E-state index contributed by atoms with van der Waals surface area (Å²) in [4.78, 5) is 42.1. The van der Waals surface area contributed by atoms with Gasteiger partial charge < -0.3 is 10.1 Å². The molecule has 2 aliphatic heterocycles. The Hall–Kier alpha value is -3.78. The van der Waals surface area contributed by atoms with Gasteiger partial charge in [0.15, 0.2) is 0 Å². The smallest absolute Gasteiger partial charge is 0.269 e. The zero-order valence-corrected chi connectivity index (χ0v) is 20.5. The highest BCUT2D eigenvalue weighted by molar-refractivity contribution is 8.02. The predicted molar refractivity (Wildman–Crippen MR) is 138 cm³/mol. The first-order chi connectivity index (χ1) is 16.9. The Morgan fingerprint density at radius 3 is 2.54 bits per heavy atom. The van der Waals surface area contributed by atoms with Crippen molar-refractivity contribution >= 4 is 46.5 Å². The highest BCUT2D eigenvalue weighted by Crippen LogP contribution is 2.55. The SMILES string of the molecule is COc1ccccc1NC(=O)CN1C(=O)C2(SCC(=O)N2c2ccc(C)c(C)c2)c2ccccc21. The van der Waals surface area contributed by atoms with Gasteiger partial charge in [0.2, 0.25) is 16.7 Å². The lowest BCUT2D eigenvalue weighted by molar-refractivity contribution is -0.124. The van der Waals surface area contributed by atoms with E-state index in [-0.39, 0.29) is 30.0 Å². The molecule has 1 fully saturated rings. The van der Waals surface area contributed by atoms with E-state index in [1.807, 2.05) is 62.4 Å². The maximum absolute atomic E-state index is 14.1. The zero-order chi connectivity index (χ0) is 24.7. The van der Waals surface area contributed by atoms with Crippen LogP contribution in [0.1, 0.15) is 16.7 Å². The summed E-state index contributed by atoms with van der Waals surface area (Å²) in [5, 5.41) is 2.84. The van der Waals surface area contributed by atoms with E-state index < -0.39 is 4.87 Å². The summed E-state index contributed by atoms with van der Waals surface area (Å²) in [6.07, 6.45) is 0. The molecule has 1 saturated heterocycles. The van der Waals surface area contributed by atoms with E-state index in [9.17, 15) is 14.4 Å². The molecule has 5 rings (SSSR count). The van der Waals surface area contributed by atoms with E-state index in [0.29, 0.717) is 28.4 Å². The van der Waals surface area contributed by atoms with E-state index in [1.54, 1.807) is 23.1 Å².